The second-order valence-corrected chi connectivity index (χ2v) is 3.07. The molecule has 1 saturated carbocycles. The fourth-order valence-electron chi connectivity index (χ4n) is 1.91. The summed E-state index contributed by atoms with van der Waals surface area (Å²) in [7, 11) is 0. The molecule has 2 aliphatic rings. The van der Waals surface area contributed by atoms with Crippen molar-refractivity contribution in [2.24, 2.45) is 5.41 Å². The largest absolute Gasteiger partial charge is 0.0839 e. The van der Waals surface area contributed by atoms with Gasteiger partial charge in [-0.05, 0) is 31.1 Å². The highest BCUT2D eigenvalue weighted by Gasteiger charge is 2.44. The van der Waals surface area contributed by atoms with Gasteiger partial charge in [0, 0.05) is 0 Å². The molecule has 1 atom stereocenters. The van der Waals surface area contributed by atoms with Gasteiger partial charge >= 0.3 is 0 Å². The minimum atomic E-state index is 0.764. The van der Waals surface area contributed by atoms with Crippen molar-refractivity contribution in [1.82, 2.24) is 0 Å². The summed E-state index contributed by atoms with van der Waals surface area (Å²) in [6, 6.07) is 0. The van der Waals surface area contributed by atoms with Crippen LogP contribution in [0.5, 0.6) is 0 Å². The van der Waals surface area contributed by atoms with E-state index in [4.69, 9.17) is 0 Å². The van der Waals surface area contributed by atoms with Crippen molar-refractivity contribution in [1.29, 1.82) is 0 Å². The summed E-state index contributed by atoms with van der Waals surface area (Å²) in [4.78, 5) is 0. The van der Waals surface area contributed by atoms with Gasteiger partial charge in [-0.1, -0.05) is 18.6 Å². The van der Waals surface area contributed by atoms with Gasteiger partial charge in [0.05, 0.1) is 0 Å². The minimum Gasteiger partial charge on any atom is -0.0839 e. The topological polar surface area (TPSA) is 0 Å². The normalized spacial score (nSPS) is 41.4. The number of allylic oxidation sites excluding steroid dienone is 2. The number of rotatable bonds is 1. The van der Waals surface area contributed by atoms with Crippen molar-refractivity contribution in [3.63, 3.8) is 0 Å². The molecular weight excluding hydrogens is 96.1 g/mol. The molecule has 0 aromatic rings. The van der Waals surface area contributed by atoms with Crippen LogP contribution in [0.1, 0.15) is 32.6 Å². The first kappa shape index (κ1) is 4.60. The first-order valence-electron chi connectivity index (χ1n) is 3.57. The van der Waals surface area contributed by atoms with E-state index in [2.05, 4.69) is 13.0 Å². The van der Waals surface area contributed by atoms with Gasteiger partial charge in [0.25, 0.3) is 0 Å². The zero-order valence-corrected chi connectivity index (χ0v) is 5.41. The van der Waals surface area contributed by atoms with Gasteiger partial charge < -0.3 is 0 Å². The minimum absolute atomic E-state index is 0.764. The van der Waals surface area contributed by atoms with E-state index in [9.17, 15) is 0 Å². The monoisotopic (exact) mass is 108 g/mol. The van der Waals surface area contributed by atoms with Crippen LogP contribution in [0.25, 0.3) is 0 Å². The van der Waals surface area contributed by atoms with E-state index in [0.29, 0.717) is 0 Å². The fourth-order valence-corrected chi connectivity index (χ4v) is 1.91. The Labute approximate surface area is 50.6 Å². The van der Waals surface area contributed by atoms with E-state index < -0.39 is 0 Å². The third kappa shape index (κ3) is 0.300. The Hall–Kier alpha value is -0.260. The van der Waals surface area contributed by atoms with E-state index >= 15 is 0 Å². The lowest BCUT2D eigenvalue weighted by Crippen LogP contribution is -2.37. The van der Waals surface area contributed by atoms with Crippen LogP contribution in [0.3, 0.4) is 0 Å². The molecule has 2 aliphatic carbocycles. The molecule has 0 heteroatoms. The van der Waals surface area contributed by atoms with Crippen LogP contribution >= 0.6 is 0 Å². The van der Waals surface area contributed by atoms with E-state index in [1.807, 2.05) is 0 Å². The molecular formula is C8H12. The van der Waals surface area contributed by atoms with Crippen molar-refractivity contribution >= 4 is 0 Å². The van der Waals surface area contributed by atoms with Crippen molar-refractivity contribution in [2.75, 3.05) is 0 Å². The maximum absolute atomic E-state index is 2.41. The first-order chi connectivity index (χ1) is 3.87. The molecule has 0 aromatic heterocycles. The maximum atomic E-state index is 2.41. The molecule has 1 unspecified atom stereocenters. The fraction of sp³-hybridized carbons (Fsp3) is 0.750. The third-order valence-corrected chi connectivity index (χ3v) is 2.97. The molecule has 44 valence electrons. The van der Waals surface area contributed by atoms with Crippen LogP contribution < -0.4 is 0 Å². The van der Waals surface area contributed by atoms with Crippen molar-refractivity contribution in [2.45, 2.75) is 32.6 Å². The zero-order valence-electron chi connectivity index (χ0n) is 5.41. The summed E-state index contributed by atoms with van der Waals surface area (Å²) >= 11 is 0. The molecule has 0 amide bonds. The third-order valence-electron chi connectivity index (χ3n) is 2.97. The van der Waals surface area contributed by atoms with Crippen molar-refractivity contribution in [3.8, 4) is 0 Å². The molecule has 0 saturated heterocycles. The van der Waals surface area contributed by atoms with E-state index in [1.165, 1.54) is 25.7 Å². The van der Waals surface area contributed by atoms with Gasteiger partial charge in [0.1, 0.15) is 0 Å². The SMILES string of the molecule is CCC12CC=C1CC2. The zero-order chi connectivity index (χ0) is 5.61. The Morgan fingerprint density at radius 2 is 2.62 bits per heavy atom. The summed E-state index contributed by atoms with van der Waals surface area (Å²) < 4.78 is 0. The van der Waals surface area contributed by atoms with Crippen molar-refractivity contribution in [3.05, 3.63) is 11.6 Å². The van der Waals surface area contributed by atoms with Gasteiger partial charge in [-0.2, -0.15) is 0 Å². The Balaban J connectivity index is 2.20. The lowest BCUT2D eigenvalue weighted by Gasteiger charge is -2.51. The Morgan fingerprint density at radius 3 is 2.62 bits per heavy atom. The van der Waals surface area contributed by atoms with Gasteiger partial charge in [-0.3, -0.25) is 0 Å². The van der Waals surface area contributed by atoms with Crippen LogP contribution in [0.15, 0.2) is 11.6 Å². The van der Waals surface area contributed by atoms with Crippen LogP contribution in [0.2, 0.25) is 0 Å². The molecule has 8 heavy (non-hydrogen) atoms. The van der Waals surface area contributed by atoms with Crippen molar-refractivity contribution < 1.29 is 0 Å². The molecule has 0 N–H and O–H groups in total. The highest BCUT2D eigenvalue weighted by Crippen LogP contribution is 2.58. The predicted molar refractivity (Wildman–Crippen MR) is 34.7 cm³/mol. The van der Waals surface area contributed by atoms with E-state index in [1.54, 1.807) is 5.57 Å². The molecule has 0 bridgehead atoms. The van der Waals surface area contributed by atoms with Crippen LogP contribution in [-0.4, -0.2) is 0 Å². The molecule has 0 aliphatic heterocycles. The molecule has 2 rings (SSSR count). The molecule has 0 radical (unpaired) electrons. The lowest BCUT2D eigenvalue weighted by atomic mass is 9.54. The Bertz CT molecular complexity index is 140. The number of fused-ring (bicyclic) bond motifs is 1. The summed E-state index contributed by atoms with van der Waals surface area (Å²) in [6.45, 7) is 2.31. The van der Waals surface area contributed by atoms with Crippen LogP contribution in [0.4, 0.5) is 0 Å². The average Bonchev–Trinajstić information content (AvgIpc) is 1.78. The summed E-state index contributed by atoms with van der Waals surface area (Å²) in [5.41, 5.74) is 2.53. The molecule has 0 aromatic carbocycles. The van der Waals surface area contributed by atoms with E-state index in [0.717, 1.165) is 5.41 Å². The summed E-state index contributed by atoms with van der Waals surface area (Å²) in [5, 5.41) is 0. The van der Waals surface area contributed by atoms with Gasteiger partial charge in [0.15, 0.2) is 0 Å². The van der Waals surface area contributed by atoms with Gasteiger partial charge in [0.2, 0.25) is 0 Å². The second-order valence-electron chi connectivity index (χ2n) is 3.07. The number of hydrogen-bond donors (Lipinski definition) is 0. The Morgan fingerprint density at radius 1 is 1.75 bits per heavy atom. The molecule has 0 nitrogen and oxygen atoms in total. The Kier molecular flexibility index (Phi) is 0.677. The highest BCUT2D eigenvalue weighted by atomic mass is 14.5. The number of hydrogen-bond acceptors (Lipinski definition) is 0. The molecule has 0 spiro atoms. The molecule has 0 heterocycles. The van der Waals surface area contributed by atoms with Gasteiger partial charge in [-0.25, -0.2) is 0 Å². The summed E-state index contributed by atoms with van der Waals surface area (Å²) in [6.07, 6.45) is 8.08. The van der Waals surface area contributed by atoms with Gasteiger partial charge in [-0.15, -0.1) is 0 Å². The standard InChI is InChI=1S/C8H12/c1-2-8-5-3-7(8)4-6-8/h3H,2,4-6H2,1H3. The smallest absolute Gasteiger partial charge is 0.00531 e. The quantitative estimate of drug-likeness (QED) is 0.453. The average molecular weight is 108 g/mol. The van der Waals surface area contributed by atoms with Crippen LogP contribution in [-0.2, 0) is 0 Å². The highest BCUT2D eigenvalue weighted by molar-refractivity contribution is 5.33. The maximum Gasteiger partial charge on any atom is -0.00531 e. The molecule has 1 fully saturated rings. The van der Waals surface area contributed by atoms with E-state index in [-0.39, 0.29) is 0 Å². The predicted octanol–water partition coefficient (Wildman–Crippen LogP) is 2.51. The summed E-state index contributed by atoms with van der Waals surface area (Å²) in [5.74, 6) is 0. The van der Waals surface area contributed by atoms with Crippen LogP contribution in [0, 0.1) is 5.41 Å². The lowest BCUT2D eigenvalue weighted by molar-refractivity contribution is 0.192. The second kappa shape index (κ2) is 1.18. The first-order valence-corrected chi connectivity index (χ1v) is 3.57.